The predicted octanol–water partition coefficient (Wildman–Crippen LogP) is 2.89. The van der Waals surface area contributed by atoms with Crippen molar-refractivity contribution in [2.45, 2.75) is 32.6 Å². The average Bonchev–Trinajstić information content (AvgIpc) is 2.96. The van der Waals surface area contributed by atoms with E-state index in [1.54, 1.807) is 24.5 Å². The molecule has 1 N–H and O–H groups in total. The van der Waals surface area contributed by atoms with Gasteiger partial charge in [-0.15, -0.1) is 0 Å². The van der Waals surface area contributed by atoms with Crippen molar-refractivity contribution in [3.05, 3.63) is 53.9 Å². The van der Waals surface area contributed by atoms with E-state index in [1.165, 1.54) is 4.31 Å². The molecule has 0 atom stereocenters. The number of aryl methyl sites for hydroxylation is 2. The molecule has 2 heterocycles. The Morgan fingerprint density at radius 2 is 2.15 bits per heavy atom. The van der Waals surface area contributed by atoms with Crippen LogP contribution in [0.5, 0.6) is 0 Å². The second-order valence-corrected chi connectivity index (χ2v) is 8.52. The molecule has 0 unspecified atom stereocenters. The molecule has 1 aromatic carbocycles. The molecule has 1 aromatic heterocycles. The second-order valence-electron chi connectivity index (χ2n) is 6.51. The summed E-state index contributed by atoms with van der Waals surface area (Å²) < 4.78 is 25.8. The maximum atomic E-state index is 12.2. The zero-order valence-corrected chi connectivity index (χ0v) is 15.6. The number of anilines is 2. The Labute approximate surface area is 154 Å². The fourth-order valence-electron chi connectivity index (χ4n) is 3.09. The molecule has 0 bridgehead atoms. The minimum absolute atomic E-state index is 0.0760. The molecule has 138 valence electrons. The van der Waals surface area contributed by atoms with E-state index in [1.807, 2.05) is 25.1 Å². The lowest BCUT2D eigenvalue weighted by atomic mass is 10.1. The summed E-state index contributed by atoms with van der Waals surface area (Å²) in [4.78, 5) is 16.3. The summed E-state index contributed by atoms with van der Waals surface area (Å²) in [5.41, 5.74) is 3.26. The molecule has 26 heavy (non-hydrogen) atoms. The SMILES string of the molecule is Cc1ccc(NC(=O)CCCc2cccnc2)cc1N1CCCS1(=O)=O. The number of hydrogen-bond donors (Lipinski definition) is 1. The third-order valence-electron chi connectivity index (χ3n) is 4.45. The Morgan fingerprint density at radius 1 is 1.31 bits per heavy atom. The number of hydrogen-bond acceptors (Lipinski definition) is 4. The Morgan fingerprint density at radius 3 is 2.85 bits per heavy atom. The van der Waals surface area contributed by atoms with Crippen molar-refractivity contribution >= 4 is 27.3 Å². The molecule has 6 nitrogen and oxygen atoms in total. The maximum Gasteiger partial charge on any atom is 0.235 e. The topological polar surface area (TPSA) is 79.4 Å². The number of carbonyl (C=O) groups is 1. The van der Waals surface area contributed by atoms with Crippen LogP contribution in [0.4, 0.5) is 11.4 Å². The fourth-order valence-corrected chi connectivity index (χ4v) is 4.71. The summed E-state index contributed by atoms with van der Waals surface area (Å²) in [7, 11) is -3.24. The molecule has 0 spiro atoms. The highest BCUT2D eigenvalue weighted by Gasteiger charge is 2.29. The van der Waals surface area contributed by atoms with E-state index in [0.717, 1.165) is 24.0 Å². The van der Waals surface area contributed by atoms with Crippen LogP contribution in [-0.2, 0) is 21.2 Å². The number of aromatic nitrogens is 1. The van der Waals surface area contributed by atoms with Crippen molar-refractivity contribution in [3.8, 4) is 0 Å². The van der Waals surface area contributed by atoms with Crippen molar-refractivity contribution in [2.24, 2.45) is 0 Å². The second kappa shape index (κ2) is 7.86. The van der Waals surface area contributed by atoms with E-state index >= 15 is 0 Å². The van der Waals surface area contributed by atoms with Gasteiger partial charge < -0.3 is 5.32 Å². The van der Waals surface area contributed by atoms with Crippen LogP contribution in [0.1, 0.15) is 30.4 Å². The van der Waals surface area contributed by atoms with Crippen LogP contribution >= 0.6 is 0 Å². The molecule has 0 aliphatic carbocycles. The number of benzene rings is 1. The summed E-state index contributed by atoms with van der Waals surface area (Å²) in [5.74, 6) is 0.102. The maximum absolute atomic E-state index is 12.2. The summed E-state index contributed by atoms with van der Waals surface area (Å²) in [5, 5.41) is 2.87. The first-order valence-corrected chi connectivity index (χ1v) is 10.4. The molecule has 2 aromatic rings. The fraction of sp³-hybridized carbons (Fsp3) is 0.368. The number of nitrogens with zero attached hydrogens (tertiary/aromatic N) is 2. The van der Waals surface area contributed by atoms with Crippen molar-refractivity contribution in [1.82, 2.24) is 4.98 Å². The molecule has 0 radical (unpaired) electrons. The highest BCUT2D eigenvalue weighted by atomic mass is 32.2. The summed E-state index contributed by atoms with van der Waals surface area (Å²) >= 11 is 0. The van der Waals surface area contributed by atoms with Crippen molar-refractivity contribution < 1.29 is 13.2 Å². The van der Waals surface area contributed by atoms with Crippen LogP contribution in [-0.4, -0.2) is 31.6 Å². The predicted molar refractivity (Wildman–Crippen MR) is 103 cm³/mol. The van der Waals surface area contributed by atoms with E-state index < -0.39 is 10.0 Å². The lowest BCUT2D eigenvalue weighted by molar-refractivity contribution is -0.116. The Bertz CT molecular complexity index is 882. The first-order valence-electron chi connectivity index (χ1n) is 8.75. The third kappa shape index (κ3) is 4.40. The van der Waals surface area contributed by atoms with E-state index in [2.05, 4.69) is 10.3 Å². The normalized spacial score (nSPS) is 15.8. The summed E-state index contributed by atoms with van der Waals surface area (Å²) in [6, 6.07) is 9.27. The minimum atomic E-state index is -3.24. The number of rotatable bonds is 6. The number of sulfonamides is 1. The summed E-state index contributed by atoms with van der Waals surface area (Å²) in [6.07, 6.45) is 6.10. The van der Waals surface area contributed by atoms with Gasteiger partial charge in [-0.05, 0) is 55.5 Å². The van der Waals surface area contributed by atoms with Crippen molar-refractivity contribution in [1.29, 1.82) is 0 Å². The van der Waals surface area contributed by atoms with Crippen LogP contribution in [0.3, 0.4) is 0 Å². The molecule has 1 aliphatic heterocycles. The number of nitrogens with one attached hydrogen (secondary N) is 1. The Hall–Kier alpha value is -2.41. The van der Waals surface area contributed by atoms with Gasteiger partial charge in [0.15, 0.2) is 0 Å². The molecule has 7 heteroatoms. The smallest absolute Gasteiger partial charge is 0.235 e. The third-order valence-corrected chi connectivity index (χ3v) is 6.31. The average molecular weight is 373 g/mol. The molecular formula is C19H23N3O3S. The highest BCUT2D eigenvalue weighted by molar-refractivity contribution is 7.93. The van der Waals surface area contributed by atoms with Crippen molar-refractivity contribution in [3.63, 3.8) is 0 Å². The molecule has 1 aliphatic rings. The number of carbonyl (C=O) groups excluding carboxylic acids is 1. The monoisotopic (exact) mass is 373 g/mol. The van der Waals surface area contributed by atoms with Gasteiger partial charge in [0.2, 0.25) is 15.9 Å². The lowest BCUT2D eigenvalue weighted by Crippen LogP contribution is -2.26. The Kier molecular flexibility index (Phi) is 5.56. The van der Waals surface area contributed by atoms with Gasteiger partial charge in [0, 0.05) is 31.0 Å². The molecule has 1 fully saturated rings. The van der Waals surface area contributed by atoms with Gasteiger partial charge in [0.25, 0.3) is 0 Å². The van der Waals surface area contributed by atoms with Gasteiger partial charge in [0.05, 0.1) is 11.4 Å². The Balaban J connectivity index is 1.61. The van der Waals surface area contributed by atoms with Crippen LogP contribution in [0.25, 0.3) is 0 Å². The molecular weight excluding hydrogens is 350 g/mol. The standard InChI is InChI=1S/C19H23N3O3S/c1-15-8-9-17(13-18(15)22-11-4-12-26(22,24)25)21-19(23)7-2-5-16-6-3-10-20-14-16/h3,6,8-10,13-14H,2,4-5,7,11-12H2,1H3,(H,21,23). The quantitative estimate of drug-likeness (QED) is 0.844. The number of pyridine rings is 1. The molecule has 3 rings (SSSR count). The molecule has 1 saturated heterocycles. The number of amides is 1. The van der Waals surface area contributed by atoms with E-state index in [-0.39, 0.29) is 11.7 Å². The first-order chi connectivity index (χ1) is 12.5. The summed E-state index contributed by atoms with van der Waals surface area (Å²) in [6.45, 7) is 2.37. The van der Waals surface area contributed by atoms with Gasteiger partial charge >= 0.3 is 0 Å². The van der Waals surface area contributed by atoms with Crippen LogP contribution in [0.2, 0.25) is 0 Å². The minimum Gasteiger partial charge on any atom is -0.326 e. The van der Waals surface area contributed by atoms with Gasteiger partial charge in [-0.3, -0.25) is 14.1 Å². The van der Waals surface area contributed by atoms with Gasteiger partial charge in [-0.2, -0.15) is 0 Å². The molecule has 0 saturated carbocycles. The van der Waals surface area contributed by atoms with E-state index in [4.69, 9.17) is 0 Å². The van der Waals surface area contributed by atoms with E-state index in [9.17, 15) is 13.2 Å². The zero-order valence-electron chi connectivity index (χ0n) is 14.8. The first kappa shape index (κ1) is 18.4. The van der Waals surface area contributed by atoms with Gasteiger partial charge in [-0.25, -0.2) is 8.42 Å². The lowest BCUT2D eigenvalue weighted by Gasteiger charge is -2.20. The van der Waals surface area contributed by atoms with E-state index in [0.29, 0.717) is 30.8 Å². The highest BCUT2D eigenvalue weighted by Crippen LogP contribution is 2.30. The van der Waals surface area contributed by atoms with Crippen LogP contribution in [0, 0.1) is 6.92 Å². The zero-order chi connectivity index (χ0) is 18.6. The van der Waals surface area contributed by atoms with Crippen LogP contribution in [0.15, 0.2) is 42.7 Å². The van der Waals surface area contributed by atoms with Crippen molar-refractivity contribution in [2.75, 3.05) is 21.9 Å². The largest absolute Gasteiger partial charge is 0.326 e. The molecule has 1 amide bonds. The van der Waals surface area contributed by atoms with Gasteiger partial charge in [-0.1, -0.05) is 12.1 Å². The van der Waals surface area contributed by atoms with Gasteiger partial charge in [0.1, 0.15) is 0 Å². The van der Waals surface area contributed by atoms with Crippen LogP contribution < -0.4 is 9.62 Å².